The first kappa shape index (κ1) is 11.6. The third kappa shape index (κ3) is 1.49. The molecule has 2 fully saturated rings. The second-order valence-corrected chi connectivity index (χ2v) is 4.01. The summed E-state index contributed by atoms with van der Waals surface area (Å²) >= 11 is 0. The highest BCUT2D eigenvalue weighted by molar-refractivity contribution is 6.15. The summed E-state index contributed by atoms with van der Waals surface area (Å²) in [6, 6.07) is 0. The molecule has 0 aromatic rings. The number of esters is 2. The van der Waals surface area contributed by atoms with Gasteiger partial charge in [0.15, 0.2) is 5.41 Å². The topological polar surface area (TPSA) is 98.8 Å². The summed E-state index contributed by atoms with van der Waals surface area (Å²) in [4.78, 5) is 46.4. The zero-order chi connectivity index (χ0) is 12.6. The summed E-state index contributed by atoms with van der Waals surface area (Å²) in [6.07, 6.45) is -0.155. The number of hydrogen-bond donors (Lipinski definition) is 1. The van der Waals surface area contributed by atoms with Crippen LogP contribution in [0.1, 0.15) is 12.8 Å². The molecule has 0 radical (unpaired) electrons. The molecule has 7 heteroatoms. The van der Waals surface area contributed by atoms with E-state index in [0.29, 0.717) is 0 Å². The van der Waals surface area contributed by atoms with Crippen LogP contribution in [0.5, 0.6) is 0 Å². The minimum Gasteiger partial charge on any atom is -0.469 e. The second-order valence-electron chi connectivity index (χ2n) is 4.01. The van der Waals surface area contributed by atoms with Crippen LogP contribution in [0.15, 0.2) is 0 Å². The summed E-state index contributed by atoms with van der Waals surface area (Å²) in [5.74, 6) is -3.96. The van der Waals surface area contributed by atoms with Crippen LogP contribution in [-0.4, -0.2) is 37.5 Å². The van der Waals surface area contributed by atoms with Gasteiger partial charge in [0.2, 0.25) is 11.8 Å². The quantitative estimate of drug-likeness (QED) is 0.350. The molecule has 2 aliphatic rings. The molecule has 0 aromatic carbocycles. The molecule has 92 valence electrons. The Hall–Kier alpha value is -1.92. The van der Waals surface area contributed by atoms with E-state index in [0.717, 1.165) is 7.11 Å². The summed E-state index contributed by atoms with van der Waals surface area (Å²) in [6.45, 7) is 0.0634. The van der Waals surface area contributed by atoms with Crippen LogP contribution in [-0.2, 0) is 28.7 Å². The van der Waals surface area contributed by atoms with E-state index in [2.05, 4.69) is 10.1 Å². The fourth-order valence-corrected chi connectivity index (χ4v) is 2.29. The number of carbonyl (C=O) groups excluding carboxylic acids is 4. The van der Waals surface area contributed by atoms with Crippen molar-refractivity contribution in [3.8, 4) is 0 Å². The Balaban J connectivity index is 2.43. The van der Waals surface area contributed by atoms with Gasteiger partial charge in [-0.3, -0.25) is 24.5 Å². The molecule has 1 spiro atoms. The van der Waals surface area contributed by atoms with Gasteiger partial charge in [0.05, 0.1) is 19.6 Å². The van der Waals surface area contributed by atoms with Crippen molar-refractivity contribution in [2.24, 2.45) is 11.3 Å². The molecule has 7 nitrogen and oxygen atoms in total. The number of imide groups is 1. The Morgan fingerprint density at radius 3 is 2.71 bits per heavy atom. The second kappa shape index (κ2) is 3.83. The largest absolute Gasteiger partial charge is 0.469 e. The minimum atomic E-state index is -1.60. The van der Waals surface area contributed by atoms with E-state index in [1.165, 1.54) is 0 Å². The van der Waals surface area contributed by atoms with Gasteiger partial charge in [-0.05, 0) is 0 Å². The van der Waals surface area contributed by atoms with Crippen LogP contribution in [0.2, 0.25) is 0 Å². The van der Waals surface area contributed by atoms with Crippen molar-refractivity contribution in [3.05, 3.63) is 0 Å². The first-order valence-electron chi connectivity index (χ1n) is 5.11. The molecule has 2 heterocycles. The van der Waals surface area contributed by atoms with Crippen molar-refractivity contribution >= 4 is 23.8 Å². The van der Waals surface area contributed by atoms with Gasteiger partial charge in [-0.1, -0.05) is 0 Å². The lowest BCUT2D eigenvalue weighted by Gasteiger charge is -2.33. The molecule has 2 saturated heterocycles. The van der Waals surface area contributed by atoms with Gasteiger partial charge in [0, 0.05) is 12.8 Å². The molecule has 0 bridgehead atoms. The number of ether oxygens (including phenoxy) is 2. The lowest BCUT2D eigenvalue weighted by molar-refractivity contribution is -0.170. The van der Waals surface area contributed by atoms with Gasteiger partial charge in [-0.25, -0.2) is 0 Å². The predicted octanol–water partition coefficient (Wildman–Crippen LogP) is -1.24. The fourth-order valence-electron chi connectivity index (χ4n) is 2.29. The maximum absolute atomic E-state index is 11.8. The molecule has 0 aromatic heterocycles. The Morgan fingerprint density at radius 2 is 2.18 bits per heavy atom. The normalized spacial score (nSPS) is 32.3. The summed E-state index contributed by atoms with van der Waals surface area (Å²) < 4.78 is 9.30. The molecular formula is C10H11NO6. The van der Waals surface area contributed by atoms with Gasteiger partial charge in [0.1, 0.15) is 0 Å². The Bertz CT molecular complexity index is 417. The van der Waals surface area contributed by atoms with E-state index in [4.69, 9.17) is 4.74 Å². The minimum absolute atomic E-state index is 0.0634. The zero-order valence-electron chi connectivity index (χ0n) is 9.15. The Morgan fingerprint density at radius 1 is 1.47 bits per heavy atom. The van der Waals surface area contributed by atoms with E-state index >= 15 is 0 Å². The van der Waals surface area contributed by atoms with Gasteiger partial charge < -0.3 is 9.47 Å². The monoisotopic (exact) mass is 241 g/mol. The van der Waals surface area contributed by atoms with Crippen molar-refractivity contribution in [1.29, 1.82) is 0 Å². The van der Waals surface area contributed by atoms with Crippen molar-refractivity contribution < 1.29 is 28.7 Å². The molecule has 17 heavy (non-hydrogen) atoms. The zero-order valence-corrected chi connectivity index (χ0v) is 9.15. The van der Waals surface area contributed by atoms with Gasteiger partial charge in [-0.15, -0.1) is 0 Å². The van der Waals surface area contributed by atoms with Crippen molar-refractivity contribution in [1.82, 2.24) is 5.32 Å². The molecule has 2 atom stereocenters. The lowest BCUT2D eigenvalue weighted by atomic mass is 9.69. The van der Waals surface area contributed by atoms with Crippen LogP contribution < -0.4 is 5.32 Å². The highest BCUT2D eigenvalue weighted by atomic mass is 16.5. The predicted molar refractivity (Wildman–Crippen MR) is 51.3 cm³/mol. The molecule has 2 amide bonds. The van der Waals surface area contributed by atoms with Crippen LogP contribution >= 0.6 is 0 Å². The lowest BCUT2D eigenvalue weighted by Crippen LogP contribution is -2.58. The van der Waals surface area contributed by atoms with Crippen molar-refractivity contribution in [2.75, 3.05) is 13.7 Å². The highest BCUT2D eigenvalue weighted by Gasteiger charge is 2.62. The third-order valence-corrected chi connectivity index (χ3v) is 3.22. The van der Waals surface area contributed by atoms with E-state index in [-0.39, 0.29) is 19.4 Å². The number of piperidine rings is 1. The SMILES string of the molecule is COC(=O)[C@@H]1CC(=O)NC(=O)[C@]12CCOC2=O. The van der Waals surface area contributed by atoms with Gasteiger partial charge in [0.25, 0.3) is 0 Å². The maximum atomic E-state index is 11.8. The van der Waals surface area contributed by atoms with E-state index in [1.807, 2.05) is 0 Å². The van der Waals surface area contributed by atoms with Crippen molar-refractivity contribution in [3.63, 3.8) is 0 Å². The molecule has 2 rings (SSSR count). The molecule has 0 saturated carbocycles. The Kier molecular flexibility index (Phi) is 2.60. The average molecular weight is 241 g/mol. The number of cyclic esters (lactones) is 1. The third-order valence-electron chi connectivity index (χ3n) is 3.22. The molecule has 2 aliphatic heterocycles. The number of amides is 2. The highest BCUT2D eigenvalue weighted by Crippen LogP contribution is 2.42. The summed E-state index contributed by atoms with van der Waals surface area (Å²) in [5, 5.41) is 2.06. The standard InChI is InChI=1S/C10H11NO6/c1-16-7(13)5-4-6(12)11-8(14)10(5)2-3-17-9(10)15/h5H,2-4H2,1H3,(H,11,12,14)/t5-,10-/m0/s1. The first-order chi connectivity index (χ1) is 8.02. The number of nitrogens with one attached hydrogen (secondary N) is 1. The average Bonchev–Trinajstić information content (AvgIpc) is 2.66. The smallest absolute Gasteiger partial charge is 0.322 e. The van der Waals surface area contributed by atoms with Crippen LogP contribution in [0.25, 0.3) is 0 Å². The molecular weight excluding hydrogens is 230 g/mol. The fraction of sp³-hybridized carbons (Fsp3) is 0.600. The summed E-state index contributed by atoms with van der Waals surface area (Å²) in [5.41, 5.74) is -1.60. The number of carbonyl (C=O) groups is 4. The first-order valence-corrected chi connectivity index (χ1v) is 5.11. The van der Waals surface area contributed by atoms with Crippen LogP contribution in [0.4, 0.5) is 0 Å². The maximum Gasteiger partial charge on any atom is 0.322 e. The van der Waals surface area contributed by atoms with Gasteiger partial charge >= 0.3 is 11.9 Å². The van der Waals surface area contributed by atoms with Gasteiger partial charge in [-0.2, -0.15) is 0 Å². The van der Waals surface area contributed by atoms with E-state index in [1.54, 1.807) is 0 Å². The van der Waals surface area contributed by atoms with Crippen LogP contribution in [0, 0.1) is 11.3 Å². The van der Waals surface area contributed by atoms with Crippen molar-refractivity contribution in [2.45, 2.75) is 12.8 Å². The molecule has 0 unspecified atom stereocenters. The van der Waals surface area contributed by atoms with Crippen LogP contribution in [0.3, 0.4) is 0 Å². The van der Waals surface area contributed by atoms with E-state index < -0.39 is 35.1 Å². The summed E-state index contributed by atoms with van der Waals surface area (Å²) in [7, 11) is 1.15. The van der Waals surface area contributed by atoms with E-state index in [9.17, 15) is 19.2 Å². The number of rotatable bonds is 1. The molecule has 0 aliphatic carbocycles. The molecule has 1 N–H and O–H groups in total. The number of methoxy groups -OCH3 is 1. The Labute approximate surface area is 96.4 Å². The number of hydrogen-bond acceptors (Lipinski definition) is 6.